The summed E-state index contributed by atoms with van der Waals surface area (Å²) in [6.45, 7) is 5.76. The zero-order chi connectivity index (χ0) is 16.3. The quantitative estimate of drug-likeness (QED) is 0.781. The minimum atomic E-state index is -0.611. The van der Waals surface area contributed by atoms with Crippen LogP contribution < -0.4 is 0 Å². The van der Waals surface area contributed by atoms with Crippen LogP contribution in [0.25, 0.3) is 0 Å². The van der Waals surface area contributed by atoms with Gasteiger partial charge in [-0.15, -0.1) is 0 Å². The van der Waals surface area contributed by atoms with Gasteiger partial charge in [-0.25, -0.2) is 9.59 Å². The summed E-state index contributed by atoms with van der Waals surface area (Å²) in [5, 5.41) is 1.20. The highest BCUT2D eigenvalue weighted by molar-refractivity contribution is 5.89. The fraction of sp³-hybridized carbons (Fsp3) is 0.533. The molecule has 0 spiro atoms. The Labute approximate surface area is 129 Å². The third-order valence-corrected chi connectivity index (χ3v) is 3.04. The number of ether oxygens (including phenoxy) is 2. The second kappa shape index (κ2) is 6.31. The van der Waals surface area contributed by atoms with Crippen LogP contribution in [0.15, 0.2) is 18.5 Å². The summed E-state index contributed by atoms with van der Waals surface area (Å²) in [5.41, 5.74) is 0.418. The maximum atomic E-state index is 12.2. The lowest BCUT2D eigenvalue weighted by atomic mass is 10.1. The number of esters is 1. The number of carbonyl (C=O) groups is 2. The Morgan fingerprint density at radius 2 is 2.09 bits per heavy atom. The van der Waals surface area contributed by atoms with Gasteiger partial charge in [-0.2, -0.15) is 5.06 Å². The summed E-state index contributed by atoms with van der Waals surface area (Å²) < 4.78 is 10.0. The molecule has 1 fully saturated rings. The van der Waals surface area contributed by atoms with Crippen LogP contribution in [0.2, 0.25) is 0 Å². The molecule has 120 valence electrons. The zero-order valence-corrected chi connectivity index (χ0v) is 13.2. The predicted octanol–water partition coefficient (Wildman–Crippen LogP) is 2.48. The van der Waals surface area contributed by atoms with E-state index in [1.165, 1.54) is 18.4 Å². The molecule has 0 aliphatic carbocycles. The van der Waals surface area contributed by atoms with Crippen molar-refractivity contribution in [2.75, 3.05) is 13.7 Å². The summed E-state index contributed by atoms with van der Waals surface area (Å²) in [7, 11) is 1.31. The lowest BCUT2D eigenvalue weighted by Crippen LogP contribution is -2.35. The van der Waals surface area contributed by atoms with Crippen LogP contribution in [0.4, 0.5) is 4.79 Å². The number of amides is 1. The van der Waals surface area contributed by atoms with Gasteiger partial charge in [0.15, 0.2) is 0 Å². The molecule has 0 bridgehead atoms. The topological polar surface area (TPSA) is 78.0 Å². The van der Waals surface area contributed by atoms with E-state index in [0.717, 1.165) is 0 Å². The van der Waals surface area contributed by atoms with Gasteiger partial charge < -0.3 is 9.47 Å². The van der Waals surface area contributed by atoms with Crippen LogP contribution >= 0.6 is 0 Å². The van der Waals surface area contributed by atoms with E-state index in [9.17, 15) is 9.59 Å². The molecule has 22 heavy (non-hydrogen) atoms. The average Bonchev–Trinajstić information content (AvgIpc) is 2.94. The van der Waals surface area contributed by atoms with Crippen LogP contribution in [0, 0.1) is 0 Å². The number of pyridine rings is 1. The molecule has 1 aliphatic heterocycles. The van der Waals surface area contributed by atoms with E-state index in [1.54, 1.807) is 33.0 Å². The monoisotopic (exact) mass is 308 g/mol. The van der Waals surface area contributed by atoms with Gasteiger partial charge in [-0.3, -0.25) is 9.82 Å². The number of hydrogen-bond acceptors (Lipinski definition) is 6. The average molecular weight is 308 g/mol. The van der Waals surface area contributed by atoms with E-state index in [0.29, 0.717) is 24.2 Å². The molecule has 0 saturated carbocycles. The van der Waals surface area contributed by atoms with Crippen molar-refractivity contribution in [3.05, 3.63) is 29.6 Å². The van der Waals surface area contributed by atoms with Crippen LogP contribution in [-0.4, -0.2) is 41.4 Å². The molecular weight excluding hydrogens is 288 g/mol. The number of methoxy groups -OCH3 is 1. The Morgan fingerprint density at radius 1 is 1.36 bits per heavy atom. The van der Waals surface area contributed by atoms with Crippen molar-refractivity contribution >= 4 is 12.1 Å². The number of hydrogen-bond donors (Lipinski definition) is 0. The SMILES string of the molecule is COC(=O)c1cncc(C2CCON2C(=O)OC(C)(C)C)c1. The zero-order valence-electron chi connectivity index (χ0n) is 13.2. The van der Waals surface area contributed by atoms with Crippen molar-refractivity contribution in [1.82, 2.24) is 10.0 Å². The number of aromatic nitrogens is 1. The van der Waals surface area contributed by atoms with Crippen LogP contribution in [0.3, 0.4) is 0 Å². The van der Waals surface area contributed by atoms with Crippen molar-refractivity contribution < 1.29 is 23.9 Å². The fourth-order valence-electron chi connectivity index (χ4n) is 2.13. The first-order valence-corrected chi connectivity index (χ1v) is 7.00. The van der Waals surface area contributed by atoms with Crippen molar-refractivity contribution in [3.63, 3.8) is 0 Å². The first-order valence-electron chi connectivity index (χ1n) is 7.00. The minimum Gasteiger partial charge on any atom is -0.465 e. The number of carbonyl (C=O) groups excluding carboxylic acids is 2. The maximum Gasteiger partial charge on any atom is 0.435 e. The smallest absolute Gasteiger partial charge is 0.435 e. The van der Waals surface area contributed by atoms with E-state index < -0.39 is 17.7 Å². The van der Waals surface area contributed by atoms with E-state index in [4.69, 9.17) is 9.57 Å². The second-order valence-corrected chi connectivity index (χ2v) is 5.94. The van der Waals surface area contributed by atoms with Gasteiger partial charge in [0.2, 0.25) is 0 Å². The molecule has 0 radical (unpaired) electrons. The molecule has 0 N–H and O–H groups in total. The lowest BCUT2D eigenvalue weighted by Gasteiger charge is -2.27. The highest BCUT2D eigenvalue weighted by atomic mass is 16.7. The van der Waals surface area contributed by atoms with Crippen LogP contribution in [0.5, 0.6) is 0 Å². The van der Waals surface area contributed by atoms with Gasteiger partial charge in [0.1, 0.15) is 5.60 Å². The third-order valence-electron chi connectivity index (χ3n) is 3.04. The Hall–Kier alpha value is -2.15. The Bertz CT molecular complexity index is 567. The molecule has 7 nitrogen and oxygen atoms in total. The standard InChI is InChI=1S/C15H20N2O5/c1-15(2,3)22-14(19)17-12(5-6-21-17)10-7-11(9-16-8-10)13(18)20-4/h7-9,12H,5-6H2,1-4H3. The molecule has 1 atom stereocenters. The summed E-state index contributed by atoms with van der Waals surface area (Å²) in [5.74, 6) is -0.475. The number of hydroxylamine groups is 2. The first kappa shape index (κ1) is 16.2. The minimum absolute atomic E-state index is 0.330. The molecule has 1 amide bonds. The number of rotatable bonds is 2. The molecule has 1 saturated heterocycles. The normalized spacial score (nSPS) is 18.2. The maximum absolute atomic E-state index is 12.2. The summed E-state index contributed by atoms with van der Waals surface area (Å²) in [6, 6.07) is 1.31. The van der Waals surface area contributed by atoms with Crippen molar-refractivity contribution in [2.45, 2.75) is 38.8 Å². The molecule has 1 unspecified atom stereocenters. The van der Waals surface area contributed by atoms with Crippen molar-refractivity contribution in [1.29, 1.82) is 0 Å². The molecule has 1 aromatic heterocycles. The second-order valence-electron chi connectivity index (χ2n) is 5.94. The van der Waals surface area contributed by atoms with E-state index in [1.807, 2.05) is 0 Å². The summed E-state index contributed by atoms with van der Waals surface area (Å²) in [6.07, 6.45) is 3.07. The van der Waals surface area contributed by atoms with E-state index >= 15 is 0 Å². The molecule has 7 heteroatoms. The molecule has 1 aliphatic rings. The van der Waals surface area contributed by atoms with E-state index in [-0.39, 0.29) is 6.04 Å². The largest absolute Gasteiger partial charge is 0.465 e. The molecule has 0 aromatic carbocycles. The molecule has 2 rings (SSSR count). The van der Waals surface area contributed by atoms with E-state index in [2.05, 4.69) is 9.72 Å². The van der Waals surface area contributed by atoms with Crippen molar-refractivity contribution in [3.8, 4) is 0 Å². The van der Waals surface area contributed by atoms with Crippen molar-refractivity contribution in [2.24, 2.45) is 0 Å². The predicted molar refractivity (Wildman–Crippen MR) is 77.0 cm³/mol. The fourth-order valence-corrected chi connectivity index (χ4v) is 2.13. The molecule has 2 heterocycles. The third kappa shape index (κ3) is 3.73. The molecular formula is C15H20N2O5. The van der Waals surface area contributed by atoms with Gasteiger partial charge >= 0.3 is 12.1 Å². The van der Waals surface area contributed by atoms with Crippen LogP contribution in [0.1, 0.15) is 49.2 Å². The Balaban J connectivity index is 2.20. The summed E-state index contributed by atoms with van der Waals surface area (Å²) in [4.78, 5) is 33.2. The van der Waals surface area contributed by atoms with Gasteiger partial charge in [-0.1, -0.05) is 0 Å². The first-order chi connectivity index (χ1) is 10.3. The Morgan fingerprint density at radius 3 is 2.73 bits per heavy atom. The summed E-state index contributed by atoms with van der Waals surface area (Å²) >= 11 is 0. The number of nitrogens with zero attached hydrogens (tertiary/aromatic N) is 2. The highest BCUT2D eigenvalue weighted by Crippen LogP contribution is 2.31. The van der Waals surface area contributed by atoms with Gasteiger partial charge in [0.05, 0.1) is 25.3 Å². The highest BCUT2D eigenvalue weighted by Gasteiger charge is 2.35. The van der Waals surface area contributed by atoms with Crippen LogP contribution in [-0.2, 0) is 14.3 Å². The lowest BCUT2D eigenvalue weighted by molar-refractivity contribution is -0.125. The van der Waals surface area contributed by atoms with Gasteiger partial charge in [0.25, 0.3) is 0 Å². The van der Waals surface area contributed by atoms with Gasteiger partial charge in [0, 0.05) is 18.8 Å². The Kier molecular flexibility index (Phi) is 4.65. The molecule has 1 aromatic rings. The van der Waals surface area contributed by atoms with Gasteiger partial charge in [-0.05, 0) is 32.4 Å².